The van der Waals surface area contributed by atoms with E-state index in [-0.39, 0.29) is 0 Å². The van der Waals surface area contributed by atoms with Gasteiger partial charge >= 0.3 is 0 Å². The smallest absolute Gasteiger partial charge is 0.247 e. The molecule has 3 rings (SSSR count). The molecule has 2 heterocycles. The Hall–Kier alpha value is -1.20. The second kappa shape index (κ2) is 3.92. The van der Waals surface area contributed by atoms with Crippen LogP contribution in [0, 0.1) is 6.92 Å². The first-order valence-corrected chi connectivity index (χ1v) is 6.79. The lowest BCUT2D eigenvalue weighted by molar-refractivity contribution is 0.285. The van der Waals surface area contributed by atoms with Gasteiger partial charge in [-0.3, -0.25) is 0 Å². The van der Waals surface area contributed by atoms with E-state index in [9.17, 15) is 0 Å². The molecule has 0 amide bonds. The van der Waals surface area contributed by atoms with Crippen molar-refractivity contribution in [3.63, 3.8) is 0 Å². The lowest BCUT2D eigenvalue weighted by Crippen LogP contribution is -2.33. The zero-order valence-electron chi connectivity index (χ0n) is 9.77. The Labute approximate surface area is 104 Å². The fraction of sp³-hybridized carbons (Fsp3) is 0.500. The zero-order valence-corrected chi connectivity index (χ0v) is 10.6. The number of hydrogen-bond acceptors (Lipinski definition) is 5. The van der Waals surface area contributed by atoms with Crippen LogP contribution in [-0.2, 0) is 5.54 Å². The Morgan fingerprint density at radius 2 is 2.12 bits per heavy atom. The van der Waals surface area contributed by atoms with Gasteiger partial charge in [0.05, 0.1) is 5.54 Å². The van der Waals surface area contributed by atoms with Crippen molar-refractivity contribution in [2.24, 2.45) is 5.73 Å². The van der Waals surface area contributed by atoms with E-state index in [4.69, 9.17) is 10.3 Å². The minimum Gasteiger partial charge on any atom is -0.337 e. The minimum atomic E-state index is -0.394. The Bertz CT molecular complexity index is 525. The summed E-state index contributed by atoms with van der Waals surface area (Å²) in [4.78, 5) is 4.47. The largest absolute Gasteiger partial charge is 0.337 e. The normalized spacial score (nSPS) is 18.7. The van der Waals surface area contributed by atoms with Gasteiger partial charge in [0.1, 0.15) is 0 Å². The van der Waals surface area contributed by atoms with Crippen molar-refractivity contribution < 1.29 is 4.52 Å². The van der Waals surface area contributed by atoms with Crippen LogP contribution in [-0.4, -0.2) is 10.1 Å². The van der Waals surface area contributed by atoms with E-state index >= 15 is 0 Å². The van der Waals surface area contributed by atoms with Crippen molar-refractivity contribution in [1.29, 1.82) is 0 Å². The van der Waals surface area contributed by atoms with Crippen LogP contribution < -0.4 is 5.73 Å². The average Bonchev–Trinajstić information content (AvgIpc) is 2.97. The highest BCUT2D eigenvalue weighted by atomic mass is 32.1. The summed E-state index contributed by atoms with van der Waals surface area (Å²) in [6, 6.07) is 0. The molecule has 0 spiro atoms. The molecule has 1 aliphatic carbocycles. The van der Waals surface area contributed by atoms with Crippen molar-refractivity contribution in [1.82, 2.24) is 10.1 Å². The first-order valence-electron chi connectivity index (χ1n) is 5.85. The van der Waals surface area contributed by atoms with Gasteiger partial charge in [0.15, 0.2) is 0 Å². The molecule has 0 bridgehead atoms. The fourth-order valence-corrected chi connectivity index (χ4v) is 3.17. The van der Waals surface area contributed by atoms with Crippen molar-refractivity contribution in [3.05, 3.63) is 22.2 Å². The van der Waals surface area contributed by atoms with Crippen LogP contribution in [0.2, 0.25) is 0 Å². The topological polar surface area (TPSA) is 64.9 Å². The second-order valence-corrected chi connectivity index (χ2v) is 5.50. The number of aromatic nitrogens is 2. The molecule has 1 fully saturated rings. The molecule has 0 aliphatic heterocycles. The third kappa shape index (κ3) is 1.79. The molecule has 0 aromatic carbocycles. The quantitative estimate of drug-likeness (QED) is 0.888. The lowest BCUT2D eigenvalue weighted by Gasteiger charge is -2.17. The van der Waals surface area contributed by atoms with E-state index in [1.54, 1.807) is 11.3 Å². The minimum absolute atomic E-state index is 0.394. The lowest BCUT2D eigenvalue weighted by atomic mass is 9.99. The molecular formula is C12H15N3OS. The van der Waals surface area contributed by atoms with Crippen molar-refractivity contribution >= 4 is 11.3 Å². The fourth-order valence-electron chi connectivity index (χ4n) is 2.34. The van der Waals surface area contributed by atoms with E-state index in [0.717, 1.165) is 31.2 Å². The monoisotopic (exact) mass is 249 g/mol. The molecule has 90 valence electrons. The van der Waals surface area contributed by atoms with Gasteiger partial charge in [-0.2, -0.15) is 16.3 Å². The third-order valence-electron chi connectivity index (χ3n) is 3.44. The van der Waals surface area contributed by atoms with Crippen LogP contribution in [0.25, 0.3) is 11.4 Å². The number of aryl methyl sites for hydroxylation is 1. The molecule has 0 radical (unpaired) electrons. The first kappa shape index (κ1) is 10.9. The average molecular weight is 249 g/mol. The molecular weight excluding hydrogens is 234 g/mol. The van der Waals surface area contributed by atoms with Gasteiger partial charge in [0.2, 0.25) is 11.7 Å². The second-order valence-electron chi connectivity index (χ2n) is 4.75. The maximum atomic E-state index is 6.29. The maximum Gasteiger partial charge on any atom is 0.247 e. The number of rotatable bonds is 2. The van der Waals surface area contributed by atoms with Crippen molar-refractivity contribution in [3.8, 4) is 11.4 Å². The maximum absolute atomic E-state index is 6.29. The number of nitrogens with zero attached hydrogens (tertiary/aromatic N) is 2. The Kier molecular flexibility index (Phi) is 2.52. The first-order chi connectivity index (χ1) is 8.19. The Balaban J connectivity index is 1.96. The van der Waals surface area contributed by atoms with E-state index in [1.807, 2.05) is 5.38 Å². The molecule has 1 saturated carbocycles. The predicted octanol–water partition coefficient (Wildman–Crippen LogP) is 2.83. The highest BCUT2D eigenvalue weighted by Crippen LogP contribution is 2.36. The van der Waals surface area contributed by atoms with Crippen LogP contribution in [0.5, 0.6) is 0 Å². The van der Waals surface area contributed by atoms with Crippen LogP contribution in [0.1, 0.15) is 37.1 Å². The van der Waals surface area contributed by atoms with E-state index < -0.39 is 5.54 Å². The molecule has 4 nitrogen and oxygen atoms in total. The zero-order chi connectivity index (χ0) is 11.9. The van der Waals surface area contributed by atoms with Gasteiger partial charge < -0.3 is 10.3 Å². The van der Waals surface area contributed by atoms with Gasteiger partial charge in [-0.15, -0.1) is 0 Å². The predicted molar refractivity (Wildman–Crippen MR) is 66.7 cm³/mol. The highest BCUT2D eigenvalue weighted by molar-refractivity contribution is 7.08. The number of hydrogen-bond donors (Lipinski definition) is 1. The van der Waals surface area contributed by atoms with Gasteiger partial charge in [0.25, 0.3) is 0 Å². The van der Waals surface area contributed by atoms with E-state index in [1.165, 1.54) is 5.56 Å². The van der Waals surface area contributed by atoms with E-state index in [2.05, 4.69) is 22.4 Å². The van der Waals surface area contributed by atoms with E-state index in [0.29, 0.717) is 11.7 Å². The van der Waals surface area contributed by atoms with Crippen LogP contribution >= 0.6 is 11.3 Å². The molecule has 1 aliphatic rings. The Morgan fingerprint density at radius 3 is 2.76 bits per heavy atom. The summed E-state index contributed by atoms with van der Waals surface area (Å²) in [5, 5.41) is 8.18. The van der Waals surface area contributed by atoms with Crippen molar-refractivity contribution in [2.75, 3.05) is 0 Å². The van der Waals surface area contributed by atoms with Gasteiger partial charge in [-0.1, -0.05) is 18.0 Å². The summed E-state index contributed by atoms with van der Waals surface area (Å²) >= 11 is 1.65. The summed E-state index contributed by atoms with van der Waals surface area (Å²) < 4.78 is 5.35. The third-order valence-corrected chi connectivity index (χ3v) is 4.31. The number of nitrogens with two attached hydrogens (primary N) is 1. The van der Waals surface area contributed by atoms with Gasteiger partial charge in [-0.25, -0.2) is 0 Å². The van der Waals surface area contributed by atoms with Gasteiger partial charge in [-0.05, 0) is 30.7 Å². The van der Waals surface area contributed by atoms with Crippen LogP contribution in [0.15, 0.2) is 15.3 Å². The van der Waals surface area contributed by atoms with Crippen molar-refractivity contribution in [2.45, 2.75) is 38.1 Å². The summed E-state index contributed by atoms with van der Waals surface area (Å²) in [5.74, 6) is 1.26. The van der Waals surface area contributed by atoms with Crippen LogP contribution in [0.3, 0.4) is 0 Å². The molecule has 2 aromatic heterocycles. The van der Waals surface area contributed by atoms with Crippen LogP contribution in [0.4, 0.5) is 0 Å². The summed E-state index contributed by atoms with van der Waals surface area (Å²) in [5.41, 5.74) is 8.13. The standard InChI is InChI=1S/C12H15N3OS/c1-8-6-17-7-9(8)10-14-11(16-15-10)12(13)4-2-3-5-12/h6-7H,2-5,13H2,1H3. The SMILES string of the molecule is Cc1cscc1-c1noc(C2(N)CCCC2)n1. The molecule has 0 atom stereocenters. The molecule has 2 N–H and O–H groups in total. The molecule has 17 heavy (non-hydrogen) atoms. The summed E-state index contributed by atoms with van der Waals surface area (Å²) in [7, 11) is 0. The van der Waals surface area contributed by atoms with Gasteiger partial charge in [0, 0.05) is 10.9 Å². The Morgan fingerprint density at radius 1 is 1.35 bits per heavy atom. The molecule has 2 aromatic rings. The molecule has 5 heteroatoms. The highest BCUT2D eigenvalue weighted by Gasteiger charge is 2.37. The molecule has 0 unspecified atom stereocenters. The summed E-state index contributed by atoms with van der Waals surface area (Å²) in [6.45, 7) is 2.05. The number of thiophene rings is 1. The summed E-state index contributed by atoms with van der Waals surface area (Å²) in [6.07, 6.45) is 4.17. The molecule has 0 saturated heterocycles.